The number of aromatic nitrogens is 3. The quantitative estimate of drug-likeness (QED) is 0.609. The van der Waals surface area contributed by atoms with Gasteiger partial charge in [-0.05, 0) is 50.5 Å². The van der Waals surface area contributed by atoms with Crippen LogP contribution in [0.25, 0.3) is 0 Å². The Labute approximate surface area is 163 Å². The second kappa shape index (κ2) is 8.73. The molecule has 0 unspecified atom stereocenters. The number of nitrogens with zero attached hydrogens (tertiary/aromatic N) is 3. The van der Waals surface area contributed by atoms with Crippen molar-refractivity contribution in [3.05, 3.63) is 58.4 Å². The second-order valence-electron chi connectivity index (χ2n) is 6.39. The van der Waals surface area contributed by atoms with Crippen LogP contribution in [0, 0.1) is 13.8 Å². The van der Waals surface area contributed by atoms with Crippen molar-refractivity contribution < 1.29 is 4.79 Å². The summed E-state index contributed by atoms with van der Waals surface area (Å²) < 4.78 is 0. The van der Waals surface area contributed by atoms with Gasteiger partial charge in [-0.3, -0.25) is 4.79 Å². The summed E-state index contributed by atoms with van der Waals surface area (Å²) >= 11 is 1.34. The van der Waals surface area contributed by atoms with Crippen LogP contribution in [-0.2, 0) is 6.42 Å². The summed E-state index contributed by atoms with van der Waals surface area (Å²) in [6, 6.07) is 9.86. The Bertz CT molecular complexity index is 900. The zero-order chi connectivity index (χ0) is 19.2. The van der Waals surface area contributed by atoms with Gasteiger partial charge in [0.05, 0.1) is 0 Å². The van der Waals surface area contributed by atoms with Gasteiger partial charge in [0.25, 0.3) is 5.91 Å². The minimum absolute atomic E-state index is 0.234. The number of benzene rings is 1. The van der Waals surface area contributed by atoms with Gasteiger partial charge in [0.1, 0.15) is 5.69 Å². The summed E-state index contributed by atoms with van der Waals surface area (Å²) in [6.45, 7) is 6.00. The molecule has 0 bridgehead atoms. The molecule has 1 aromatic carbocycles. The van der Waals surface area contributed by atoms with Crippen LogP contribution in [0.2, 0.25) is 0 Å². The number of unbranched alkanes of at least 4 members (excludes halogenated alkanes) is 1. The fraction of sp³-hybridized carbons (Fsp3) is 0.300. The highest BCUT2D eigenvalue weighted by molar-refractivity contribution is 7.14. The van der Waals surface area contributed by atoms with Gasteiger partial charge < -0.3 is 10.6 Å². The minimum Gasteiger partial charge on any atom is -0.321 e. The number of aryl methyl sites for hydroxylation is 3. The molecule has 0 aliphatic rings. The summed E-state index contributed by atoms with van der Waals surface area (Å²) in [4.78, 5) is 25.4. The SMILES string of the molecule is CCCCc1ccc(NC(=O)c2csc(Nc3nc(C)cc(C)n3)n2)cc1. The Kier molecular flexibility index (Phi) is 6.13. The van der Waals surface area contributed by atoms with Gasteiger partial charge in [0.2, 0.25) is 5.95 Å². The molecule has 0 aliphatic heterocycles. The number of thiazole rings is 1. The lowest BCUT2D eigenvalue weighted by molar-refractivity contribution is 0.102. The number of carbonyl (C=O) groups is 1. The number of hydrogen-bond donors (Lipinski definition) is 2. The van der Waals surface area contributed by atoms with E-state index in [2.05, 4.69) is 44.6 Å². The minimum atomic E-state index is -0.234. The van der Waals surface area contributed by atoms with Crippen LogP contribution < -0.4 is 10.6 Å². The zero-order valence-corrected chi connectivity index (χ0v) is 16.6. The zero-order valence-electron chi connectivity index (χ0n) is 15.7. The predicted molar refractivity (Wildman–Crippen MR) is 110 cm³/mol. The average molecular weight is 382 g/mol. The van der Waals surface area contributed by atoms with Gasteiger partial charge in [0.15, 0.2) is 5.13 Å². The number of amides is 1. The monoisotopic (exact) mass is 381 g/mol. The molecule has 7 heteroatoms. The third kappa shape index (κ3) is 5.34. The van der Waals surface area contributed by atoms with E-state index < -0.39 is 0 Å². The van der Waals surface area contributed by atoms with Gasteiger partial charge in [-0.15, -0.1) is 11.3 Å². The topological polar surface area (TPSA) is 79.8 Å². The van der Waals surface area contributed by atoms with Crippen molar-refractivity contribution in [2.75, 3.05) is 10.6 Å². The largest absolute Gasteiger partial charge is 0.321 e. The highest BCUT2D eigenvalue weighted by Gasteiger charge is 2.12. The normalized spacial score (nSPS) is 10.6. The van der Waals surface area contributed by atoms with E-state index in [4.69, 9.17) is 0 Å². The lowest BCUT2D eigenvalue weighted by atomic mass is 10.1. The lowest BCUT2D eigenvalue weighted by Crippen LogP contribution is -2.12. The number of carbonyl (C=O) groups excluding carboxylic acids is 1. The molecule has 0 radical (unpaired) electrons. The Morgan fingerprint density at radius 2 is 1.78 bits per heavy atom. The summed E-state index contributed by atoms with van der Waals surface area (Å²) in [5.41, 5.74) is 4.16. The first-order valence-electron chi connectivity index (χ1n) is 8.98. The molecule has 27 heavy (non-hydrogen) atoms. The van der Waals surface area contributed by atoms with Gasteiger partial charge in [-0.1, -0.05) is 25.5 Å². The summed E-state index contributed by atoms with van der Waals surface area (Å²) in [6.07, 6.45) is 3.41. The molecule has 2 aromatic heterocycles. The second-order valence-corrected chi connectivity index (χ2v) is 7.25. The molecule has 3 aromatic rings. The molecular weight excluding hydrogens is 358 g/mol. The molecule has 6 nitrogen and oxygen atoms in total. The summed E-state index contributed by atoms with van der Waals surface area (Å²) in [5, 5.41) is 8.24. The Morgan fingerprint density at radius 1 is 1.07 bits per heavy atom. The first kappa shape index (κ1) is 19.0. The molecule has 2 heterocycles. The van der Waals surface area contributed by atoms with E-state index in [1.165, 1.54) is 29.7 Å². The van der Waals surface area contributed by atoms with E-state index in [1.54, 1.807) is 5.38 Å². The maximum Gasteiger partial charge on any atom is 0.275 e. The molecular formula is C20H23N5OS. The molecule has 3 rings (SSSR count). The molecule has 0 spiro atoms. The molecule has 2 N–H and O–H groups in total. The third-order valence-corrected chi connectivity index (χ3v) is 4.73. The summed E-state index contributed by atoms with van der Waals surface area (Å²) in [5.74, 6) is 0.249. The van der Waals surface area contributed by atoms with Crippen LogP contribution in [0.3, 0.4) is 0 Å². The molecule has 0 saturated heterocycles. The van der Waals surface area contributed by atoms with Crippen molar-refractivity contribution in [1.29, 1.82) is 0 Å². The Balaban J connectivity index is 1.62. The van der Waals surface area contributed by atoms with Crippen molar-refractivity contribution in [1.82, 2.24) is 15.0 Å². The number of anilines is 3. The van der Waals surface area contributed by atoms with E-state index in [-0.39, 0.29) is 5.91 Å². The van der Waals surface area contributed by atoms with Crippen molar-refractivity contribution in [2.45, 2.75) is 40.0 Å². The van der Waals surface area contributed by atoms with Crippen LogP contribution in [0.15, 0.2) is 35.7 Å². The smallest absolute Gasteiger partial charge is 0.275 e. The number of nitrogens with one attached hydrogen (secondary N) is 2. The van der Waals surface area contributed by atoms with Crippen molar-refractivity contribution in [3.8, 4) is 0 Å². The van der Waals surface area contributed by atoms with E-state index in [0.29, 0.717) is 16.8 Å². The van der Waals surface area contributed by atoms with E-state index in [9.17, 15) is 4.79 Å². The highest BCUT2D eigenvalue weighted by atomic mass is 32.1. The Morgan fingerprint density at radius 3 is 2.44 bits per heavy atom. The van der Waals surface area contributed by atoms with Gasteiger partial charge in [-0.25, -0.2) is 15.0 Å². The van der Waals surface area contributed by atoms with Gasteiger partial charge in [-0.2, -0.15) is 0 Å². The first-order valence-corrected chi connectivity index (χ1v) is 9.86. The van der Waals surface area contributed by atoms with Crippen molar-refractivity contribution >= 4 is 34.0 Å². The van der Waals surface area contributed by atoms with E-state index >= 15 is 0 Å². The predicted octanol–water partition coefficient (Wildman–Crippen LogP) is 4.89. The van der Waals surface area contributed by atoms with Gasteiger partial charge in [0, 0.05) is 22.5 Å². The van der Waals surface area contributed by atoms with Crippen LogP contribution in [0.5, 0.6) is 0 Å². The fourth-order valence-electron chi connectivity index (χ4n) is 2.64. The fourth-order valence-corrected chi connectivity index (χ4v) is 3.33. The first-order chi connectivity index (χ1) is 13.0. The average Bonchev–Trinajstić information content (AvgIpc) is 3.09. The van der Waals surface area contributed by atoms with E-state index in [0.717, 1.165) is 23.5 Å². The molecule has 0 atom stereocenters. The van der Waals surface area contributed by atoms with E-state index in [1.807, 2.05) is 32.0 Å². The maximum absolute atomic E-state index is 12.4. The maximum atomic E-state index is 12.4. The van der Waals surface area contributed by atoms with Crippen LogP contribution in [0.1, 0.15) is 47.2 Å². The van der Waals surface area contributed by atoms with Crippen molar-refractivity contribution in [3.63, 3.8) is 0 Å². The van der Waals surface area contributed by atoms with Crippen molar-refractivity contribution in [2.24, 2.45) is 0 Å². The Hall–Kier alpha value is -2.80. The van der Waals surface area contributed by atoms with Crippen LogP contribution in [0.4, 0.5) is 16.8 Å². The highest BCUT2D eigenvalue weighted by Crippen LogP contribution is 2.20. The van der Waals surface area contributed by atoms with Crippen LogP contribution in [-0.4, -0.2) is 20.9 Å². The molecule has 1 amide bonds. The third-order valence-electron chi connectivity index (χ3n) is 3.97. The van der Waals surface area contributed by atoms with Crippen LogP contribution >= 0.6 is 11.3 Å². The molecule has 0 fully saturated rings. The molecule has 0 saturated carbocycles. The molecule has 140 valence electrons. The lowest BCUT2D eigenvalue weighted by Gasteiger charge is -2.05. The standard InChI is InChI=1S/C20H23N5OS/c1-4-5-6-15-7-9-16(10-8-15)23-18(26)17-12-27-20(24-17)25-19-21-13(2)11-14(3)22-19/h7-12H,4-6H2,1-3H3,(H,23,26)(H,21,22,24,25). The van der Waals surface area contributed by atoms with Gasteiger partial charge >= 0.3 is 0 Å². The summed E-state index contributed by atoms with van der Waals surface area (Å²) in [7, 11) is 0. The number of hydrogen-bond acceptors (Lipinski definition) is 6. The molecule has 0 aliphatic carbocycles. The number of rotatable bonds is 7.